The van der Waals surface area contributed by atoms with Crippen molar-refractivity contribution in [3.8, 4) is 0 Å². The third-order valence-electron chi connectivity index (χ3n) is 1.01. The molecular weight excluding hydrogens is 162 g/mol. The molecule has 0 heterocycles. The summed E-state index contributed by atoms with van der Waals surface area (Å²) in [5.74, 6) is 0.103. The van der Waals surface area contributed by atoms with Gasteiger partial charge in [0.15, 0.2) is 0 Å². The van der Waals surface area contributed by atoms with E-state index in [1.54, 1.807) is 6.92 Å². The summed E-state index contributed by atoms with van der Waals surface area (Å²) in [4.78, 5) is 10.8. The van der Waals surface area contributed by atoms with E-state index in [9.17, 15) is 4.79 Å². The predicted molar refractivity (Wildman–Crippen MR) is 47.6 cm³/mol. The van der Waals surface area contributed by atoms with Crippen molar-refractivity contribution in [2.45, 2.75) is 13.0 Å². The summed E-state index contributed by atoms with van der Waals surface area (Å²) in [5, 5.41) is 0. The van der Waals surface area contributed by atoms with Crippen LogP contribution in [-0.4, -0.2) is 24.4 Å². The number of ether oxygens (including phenoxy) is 1. The largest absolute Gasteiger partial charge is 0.461 e. The SMILES string of the molecule is C=C(C)C(=O)OC[C@H](N)CS. The Kier molecular flexibility index (Phi) is 4.98. The fourth-order valence-corrected chi connectivity index (χ4v) is 0.464. The molecule has 4 heteroatoms. The number of carbonyl (C=O) groups is 1. The molecule has 0 aromatic rings. The molecular formula is C7H13NO2S. The number of hydrogen-bond acceptors (Lipinski definition) is 4. The normalized spacial score (nSPS) is 12.3. The lowest BCUT2D eigenvalue weighted by atomic mass is 10.3. The molecule has 0 aliphatic rings. The Morgan fingerprint density at radius 3 is 2.73 bits per heavy atom. The van der Waals surface area contributed by atoms with Crippen LogP contribution in [0.15, 0.2) is 12.2 Å². The van der Waals surface area contributed by atoms with Gasteiger partial charge in [0.25, 0.3) is 0 Å². The molecule has 0 aliphatic carbocycles. The topological polar surface area (TPSA) is 52.3 Å². The van der Waals surface area contributed by atoms with Crippen LogP contribution >= 0.6 is 12.6 Å². The molecule has 0 unspecified atom stereocenters. The van der Waals surface area contributed by atoms with Crippen LogP contribution in [0.3, 0.4) is 0 Å². The highest BCUT2D eigenvalue weighted by Gasteiger charge is 2.05. The summed E-state index contributed by atoms with van der Waals surface area (Å²) in [5.41, 5.74) is 5.82. The van der Waals surface area contributed by atoms with Crippen molar-refractivity contribution in [1.29, 1.82) is 0 Å². The summed E-state index contributed by atoms with van der Waals surface area (Å²) in [6.45, 7) is 5.22. The molecule has 0 radical (unpaired) electrons. The van der Waals surface area contributed by atoms with E-state index in [0.717, 1.165) is 0 Å². The smallest absolute Gasteiger partial charge is 0.333 e. The Morgan fingerprint density at radius 1 is 1.82 bits per heavy atom. The van der Waals surface area contributed by atoms with Crippen molar-refractivity contribution in [2.24, 2.45) is 5.73 Å². The number of hydrogen-bond donors (Lipinski definition) is 2. The highest BCUT2D eigenvalue weighted by molar-refractivity contribution is 7.80. The van der Waals surface area contributed by atoms with Crippen molar-refractivity contribution >= 4 is 18.6 Å². The second-order valence-electron chi connectivity index (χ2n) is 2.32. The Balaban J connectivity index is 3.54. The van der Waals surface area contributed by atoms with Gasteiger partial charge in [0.1, 0.15) is 6.61 Å². The summed E-state index contributed by atoms with van der Waals surface area (Å²) in [7, 11) is 0. The lowest BCUT2D eigenvalue weighted by molar-refractivity contribution is -0.139. The molecule has 64 valence electrons. The summed E-state index contributed by atoms with van der Waals surface area (Å²) < 4.78 is 4.74. The molecule has 3 nitrogen and oxygen atoms in total. The molecule has 0 aliphatic heterocycles. The van der Waals surface area contributed by atoms with Crippen molar-refractivity contribution in [3.63, 3.8) is 0 Å². The minimum Gasteiger partial charge on any atom is -0.461 e. The number of thiol groups is 1. The van der Waals surface area contributed by atoms with Crippen LogP contribution in [0, 0.1) is 0 Å². The van der Waals surface area contributed by atoms with Gasteiger partial charge in [-0.1, -0.05) is 6.58 Å². The minimum atomic E-state index is -0.401. The number of nitrogens with two attached hydrogens (primary N) is 1. The zero-order valence-corrected chi connectivity index (χ0v) is 7.43. The van der Waals surface area contributed by atoms with Crippen molar-refractivity contribution in [1.82, 2.24) is 0 Å². The molecule has 0 saturated carbocycles. The van der Waals surface area contributed by atoms with Gasteiger partial charge in [-0.15, -0.1) is 0 Å². The van der Waals surface area contributed by atoms with Crippen LogP contribution in [0.4, 0.5) is 0 Å². The second-order valence-corrected chi connectivity index (χ2v) is 2.69. The van der Waals surface area contributed by atoms with Gasteiger partial charge in [-0.25, -0.2) is 4.79 Å². The third-order valence-corrected chi connectivity index (χ3v) is 1.48. The summed E-state index contributed by atoms with van der Waals surface area (Å²) >= 11 is 3.93. The highest BCUT2D eigenvalue weighted by atomic mass is 32.1. The van der Waals surface area contributed by atoms with Gasteiger partial charge in [-0.05, 0) is 6.92 Å². The standard InChI is InChI=1S/C7H13NO2S/c1-5(2)7(9)10-3-6(8)4-11/h6,11H,1,3-4,8H2,2H3/t6-/m0/s1. The Bertz CT molecular complexity index is 159. The van der Waals surface area contributed by atoms with Crippen molar-refractivity contribution in [2.75, 3.05) is 12.4 Å². The Hall–Kier alpha value is -0.480. The zero-order valence-electron chi connectivity index (χ0n) is 6.54. The molecule has 0 rings (SSSR count). The fraction of sp³-hybridized carbons (Fsp3) is 0.571. The maximum atomic E-state index is 10.8. The quantitative estimate of drug-likeness (QED) is 0.368. The first-order valence-electron chi connectivity index (χ1n) is 3.27. The van der Waals surface area contributed by atoms with E-state index in [1.807, 2.05) is 0 Å². The molecule has 11 heavy (non-hydrogen) atoms. The van der Waals surface area contributed by atoms with E-state index < -0.39 is 5.97 Å². The molecule has 0 bridgehead atoms. The first-order chi connectivity index (χ1) is 5.07. The van der Waals surface area contributed by atoms with Crippen molar-refractivity contribution < 1.29 is 9.53 Å². The molecule has 0 aromatic heterocycles. The minimum absolute atomic E-state index is 0.193. The molecule has 0 amide bonds. The maximum absolute atomic E-state index is 10.8. The molecule has 0 saturated heterocycles. The van der Waals surface area contributed by atoms with Gasteiger partial charge in [0.05, 0.1) is 0 Å². The molecule has 1 atom stereocenters. The van der Waals surface area contributed by atoms with E-state index >= 15 is 0 Å². The number of rotatable bonds is 4. The first kappa shape index (κ1) is 10.5. The van der Waals surface area contributed by atoms with Crippen molar-refractivity contribution in [3.05, 3.63) is 12.2 Å². The van der Waals surface area contributed by atoms with Gasteiger partial charge in [0.2, 0.25) is 0 Å². The summed E-state index contributed by atoms with van der Waals surface area (Å²) in [6.07, 6.45) is 0. The van der Waals surface area contributed by atoms with Crippen LogP contribution in [0.25, 0.3) is 0 Å². The van der Waals surface area contributed by atoms with Gasteiger partial charge in [-0.3, -0.25) is 0 Å². The van der Waals surface area contributed by atoms with Crippen LogP contribution in [0.5, 0.6) is 0 Å². The fourth-order valence-electron chi connectivity index (χ4n) is 0.359. The molecule has 0 fully saturated rings. The van der Waals surface area contributed by atoms with Gasteiger partial charge < -0.3 is 10.5 Å². The van der Waals surface area contributed by atoms with Gasteiger partial charge in [-0.2, -0.15) is 12.6 Å². The van der Waals surface area contributed by atoms with Gasteiger partial charge >= 0.3 is 5.97 Å². The zero-order chi connectivity index (χ0) is 8.85. The van der Waals surface area contributed by atoms with Gasteiger partial charge in [0, 0.05) is 17.4 Å². The van der Waals surface area contributed by atoms with E-state index in [0.29, 0.717) is 11.3 Å². The molecule has 2 N–H and O–H groups in total. The highest BCUT2D eigenvalue weighted by Crippen LogP contribution is 1.93. The molecule has 0 spiro atoms. The number of carbonyl (C=O) groups excluding carboxylic acids is 1. The lowest BCUT2D eigenvalue weighted by Gasteiger charge is -2.08. The molecule has 0 aromatic carbocycles. The average Bonchev–Trinajstić information content (AvgIpc) is 1.99. The van der Waals surface area contributed by atoms with Crippen LogP contribution in [0.2, 0.25) is 0 Å². The predicted octanol–water partition coefficient (Wildman–Crippen LogP) is 0.363. The lowest BCUT2D eigenvalue weighted by Crippen LogP contribution is -2.29. The number of esters is 1. The van der Waals surface area contributed by atoms with E-state index in [2.05, 4.69) is 19.2 Å². The van der Waals surface area contributed by atoms with Crippen LogP contribution in [0.1, 0.15) is 6.92 Å². The monoisotopic (exact) mass is 175 g/mol. The van der Waals surface area contributed by atoms with Crippen LogP contribution < -0.4 is 5.73 Å². The summed E-state index contributed by atoms with van der Waals surface area (Å²) in [6, 6.07) is -0.193. The van der Waals surface area contributed by atoms with Crippen LogP contribution in [-0.2, 0) is 9.53 Å². The Labute approximate surface area is 72.0 Å². The van der Waals surface area contributed by atoms with E-state index in [1.165, 1.54) is 0 Å². The van der Waals surface area contributed by atoms with E-state index in [-0.39, 0.29) is 12.6 Å². The third kappa shape index (κ3) is 4.86. The average molecular weight is 175 g/mol. The first-order valence-corrected chi connectivity index (χ1v) is 3.90. The second kappa shape index (κ2) is 5.21. The van der Waals surface area contributed by atoms with E-state index in [4.69, 9.17) is 10.5 Å². The Morgan fingerprint density at radius 2 is 2.36 bits per heavy atom. The maximum Gasteiger partial charge on any atom is 0.333 e.